The molecule has 0 saturated heterocycles. The normalized spacial score (nSPS) is 11.7. The Balaban J connectivity index is 2.65. The summed E-state index contributed by atoms with van der Waals surface area (Å²) in [6.07, 6.45) is 0.706. The highest BCUT2D eigenvalue weighted by Crippen LogP contribution is 2.04. The van der Waals surface area contributed by atoms with Crippen LogP contribution in [0.2, 0.25) is 0 Å². The number of aliphatic carboxylic acids is 1. The monoisotopic (exact) mass is 294 g/mol. The molecule has 2 amide bonds. The van der Waals surface area contributed by atoms with Crippen molar-refractivity contribution in [3.63, 3.8) is 0 Å². The topological polar surface area (TPSA) is 89.9 Å². The molecule has 0 aromatic heterocycles. The highest BCUT2D eigenvalue weighted by atomic mass is 16.4. The van der Waals surface area contributed by atoms with Crippen molar-refractivity contribution in [2.45, 2.75) is 25.8 Å². The summed E-state index contributed by atoms with van der Waals surface area (Å²) in [4.78, 5) is 24.8. The lowest BCUT2D eigenvalue weighted by molar-refractivity contribution is -0.139. The second-order valence-corrected chi connectivity index (χ2v) is 4.69. The second kappa shape index (κ2) is 8.97. The molecule has 3 N–H and O–H groups in total. The molecule has 0 fully saturated rings. The molecule has 6 heteroatoms. The Hall–Kier alpha value is -2.08. The third kappa shape index (κ3) is 5.83. The van der Waals surface area contributed by atoms with Crippen LogP contribution >= 0.6 is 0 Å². The lowest BCUT2D eigenvalue weighted by Crippen LogP contribution is -2.49. The molecule has 0 heterocycles. The summed E-state index contributed by atoms with van der Waals surface area (Å²) in [7, 11) is 0. The minimum Gasteiger partial charge on any atom is -0.480 e. The van der Waals surface area contributed by atoms with E-state index in [4.69, 9.17) is 5.11 Å². The second-order valence-electron chi connectivity index (χ2n) is 4.69. The van der Waals surface area contributed by atoms with Crippen LogP contribution in [0.15, 0.2) is 30.3 Å². The van der Waals surface area contributed by atoms with Crippen LogP contribution in [0.3, 0.4) is 0 Å². The van der Waals surface area contributed by atoms with Crippen molar-refractivity contribution in [3.05, 3.63) is 35.9 Å². The van der Waals surface area contributed by atoms with Crippen LogP contribution in [0.25, 0.3) is 0 Å². The first-order valence-electron chi connectivity index (χ1n) is 7.01. The molecule has 0 radical (unpaired) electrons. The lowest BCUT2D eigenvalue weighted by Gasteiger charge is -2.23. The summed E-state index contributed by atoms with van der Waals surface area (Å²) in [6, 6.07) is 7.77. The smallest absolute Gasteiger partial charge is 0.326 e. The van der Waals surface area contributed by atoms with Gasteiger partial charge in [-0.3, -0.25) is 0 Å². The van der Waals surface area contributed by atoms with Crippen LogP contribution in [-0.2, 0) is 11.2 Å². The summed E-state index contributed by atoms with van der Waals surface area (Å²) in [6.45, 7) is 2.67. The number of carboxylic acid groups (broad SMARTS) is 1. The summed E-state index contributed by atoms with van der Waals surface area (Å²) < 4.78 is 0. The fourth-order valence-corrected chi connectivity index (χ4v) is 1.96. The van der Waals surface area contributed by atoms with Gasteiger partial charge < -0.3 is 20.4 Å². The molecule has 1 rings (SSSR count). The van der Waals surface area contributed by atoms with E-state index in [-0.39, 0.29) is 13.0 Å². The summed E-state index contributed by atoms with van der Waals surface area (Å²) in [5.74, 6) is -1.06. The van der Waals surface area contributed by atoms with Crippen LogP contribution in [0.5, 0.6) is 0 Å². The van der Waals surface area contributed by atoms with Gasteiger partial charge in [-0.1, -0.05) is 30.3 Å². The Morgan fingerprint density at radius 1 is 1.29 bits per heavy atom. The number of aliphatic hydroxyl groups is 1. The number of amides is 2. The first-order chi connectivity index (χ1) is 10.1. The maximum atomic E-state index is 12.1. The molecule has 0 aliphatic rings. The number of nitrogens with one attached hydrogen (secondary N) is 1. The van der Waals surface area contributed by atoms with Crippen molar-refractivity contribution in [1.29, 1.82) is 0 Å². The van der Waals surface area contributed by atoms with E-state index in [1.807, 2.05) is 37.3 Å². The molecule has 0 spiro atoms. The minimum absolute atomic E-state index is 0.00382. The van der Waals surface area contributed by atoms with Crippen LogP contribution in [0.4, 0.5) is 4.79 Å². The average molecular weight is 294 g/mol. The number of rotatable bonds is 8. The third-order valence-electron chi connectivity index (χ3n) is 3.13. The number of carbonyl (C=O) groups is 2. The summed E-state index contributed by atoms with van der Waals surface area (Å²) >= 11 is 0. The molecule has 1 aromatic rings. The van der Waals surface area contributed by atoms with Gasteiger partial charge in [-0.05, 0) is 18.9 Å². The van der Waals surface area contributed by atoms with Crippen molar-refractivity contribution >= 4 is 12.0 Å². The standard InChI is InChI=1S/C15H22N2O4/c1-2-17(9-6-10-18)15(21)16-13(14(19)20)11-12-7-4-3-5-8-12/h3-5,7-8,13,18H,2,6,9-11H2,1H3,(H,16,21)(H,19,20)/t13-/m1/s1. The molecule has 0 bridgehead atoms. The van der Waals surface area contributed by atoms with Gasteiger partial charge in [0.2, 0.25) is 0 Å². The van der Waals surface area contributed by atoms with Crippen LogP contribution in [0.1, 0.15) is 18.9 Å². The molecule has 0 aliphatic heterocycles. The van der Waals surface area contributed by atoms with E-state index in [9.17, 15) is 14.7 Å². The highest BCUT2D eigenvalue weighted by molar-refractivity contribution is 5.82. The van der Waals surface area contributed by atoms with Gasteiger partial charge in [-0.25, -0.2) is 9.59 Å². The van der Waals surface area contributed by atoms with Gasteiger partial charge in [0.05, 0.1) is 0 Å². The zero-order valence-corrected chi connectivity index (χ0v) is 12.2. The van der Waals surface area contributed by atoms with Gasteiger partial charge in [0, 0.05) is 26.1 Å². The molecule has 0 saturated carbocycles. The Kier molecular flexibility index (Phi) is 7.25. The number of urea groups is 1. The zero-order chi connectivity index (χ0) is 15.7. The largest absolute Gasteiger partial charge is 0.480 e. The van der Waals surface area contributed by atoms with E-state index in [1.165, 1.54) is 4.90 Å². The van der Waals surface area contributed by atoms with E-state index in [2.05, 4.69) is 5.32 Å². The molecule has 0 unspecified atom stereocenters. The van der Waals surface area contributed by atoms with Crippen LogP contribution < -0.4 is 5.32 Å². The van der Waals surface area contributed by atoms with Gasteiger partial charge in [0.15, 0.2) is 0 Å². The average Bonchev–Trinajstić information content (AvgIpc) is 2.48. The first kappa shape index (κ1) is 17.0. The molecule has 6 nitrogen and oxygen atoms in total. The predicted molar refractivity (Wildman–Crippen MR) is 79.1 cm³/mol. The number of carbonyl (C=O) groups excluding carboxylic acids is 1. The fourth-order valence-electron chi connectivity index (χ4n) is 1.96. The Morgan fingerprint density at radius 2 is 1.95 bits per heavy atom. The molecule has 116 valence electrons. The Bertz CT molecular complexity index is 450. The summed E-state index contributed by atoms with van der Waals surface area (Å²) in [5, 5.41) is 20.6. The lowest BCUT2D eigenvalue weighted by atomic mass is 10.1. The predicted octanol–water partition coefficient (Wildman–Crippen LogP) is 1.10. The Morgan fingerprint density at radius 3 is 2.48 bits per heavy atom. The van der Waals surface area contributed by atoms with E-state index in [0.717, 1.165) is 5.56 Å². The number of carboxylic acids is 1. The van der Waals surface area contributed by atoms with Gasteiger partial charge in [-0.15, -0.1) is 0 Å². The molecule has 21 heavy (non-hydrogen) atoms. The van der Waals surface area contributed by atoms with Crippen LogP contribution in [-0.4, -0.2) is 52.9 Å². The van der Waals surface area contributed by atoms with Crippen molar-refractivity contribution in [1.82, 2.24) is 10.2 Å². The van der Waals surface area contributed by atoms with Crippen molar-refractivity contribution < 1.29 is 19.8 Å². The molecule has 1 atom stereocenters. The van der Waals surface area contributed by atoms with Gasteiger partial charge in [0.25, 0.3) is 0 Å². The molecular weight excluding hydrogens is 272 g/mol. The van der Waals surface area contributed by atoms with E-state index in [1.54, 1.807) is 0 Å². The van der Waals surface area contributed by atoms with Crippen molar-refractivity contribution in [2.24, 2.45) is 0 Å². The number of hydrogen-bond donors (Lipinski definition) is 3. The van der Waals surface area contributed by atoms with E-state index >= 15 is 0 Å². The number of aliphatic hydroxyl groups excluding tert-OH is 1. The fraction of sp³-hybridized carbons (Fsp3) is 0.467. The number of nitrogens with zero attached hydrogens (tertiary/aromatic N) is 1. The number of hydrogen-bond acceptors (Lipinski definition) is 3. The van der Waals surface area contributed by atoms with Gasteiger partial charge in [0.1, 0.15) is 6.04 Å². The van der Waals surface area contributed by atoms with E-state index in [0.29, 0.717) is 19.5 Å². The number of benzene rings is 1. The Labute approximate surface area is 124 Å². The summed E-state index contributed by atoms with van der Waals surface area (Å²) in [5.41, 5.74) is 0.851. The SMILES string of the molecule is CCN(CCCO)C(=O)N[C@H](Cc1ccccc1)C(=O)O. The van der Waals surface area contributed by atoms with Crippen LogP contribution in [0, 0.1) is 0 Å². The van der Waals surface area contributed by atoms with Crippen molar-refractivity contribution in [3.8, 4) is 0 Å². The quantitative estimate of drug-likeness (QED) is 0.669. The van der Waals surface area contributed by atoms with Gasteiger partial charge >= 0.3 is 12.0 Å². The zero-order valence-electron chi connectivity index (χ0n) is 12.2. The maximum absolute atomic E-state index is 12.1. The highest BCUT2D eigenvalue weighted by Gasteiger charge is 2.22. The van der Waals surface area contributed by atoms with Crippen molar-refractivity contribution in [2.75, 3.05) is 19.7 Å². The van der Waals surface area contributed by atoms with E-state index < -0.39 is 18.0 Å². The minimum atomic E-state index is -1.06. The first-order valence-corrected chi connectivity index (χ1v) is 7.01. The van der Waals surface area contributed by atoms with Gasteiger partial charge in [-0.2, -0.15) is 0 Å². The molecular formula is C15H22N2O4. The maximum Gasteiger partial charge on any atom is 0.326 e. The third-order valence-corrected chi connectivity index (χ3v) is 3.13. The molecule has 1 aromatic carbocycles. The molecule has 0 aliphatic carbocycles.